The standard InChI is InChI=1S/C28H42O4S/c1-27(2,29)21-13-5-7-15-23-17-9-11-19-25(23)33(31,32)26-20-12-10-18-24(26)16-8-6-14-22-28(3,4)30/h9-12,17-20,29-30H,5-8,13-16,21-22H2,1-4H3. The molecule has 0 heterocycles. The van der Waals surface area contributed by atoms with Gasteiger partial charge in [-0.3, -0.25) is 0 Å². The van der Waals surface area contributed by atoms with Crippen molar-refractivity contribution >= 4 is 9.84 Å². The van der Waals surface area contributed by atoms with Crippen molar-refractivity contribution in [3.8, 4) is 0 Å². The fourth-order valence-corrected chi connectivity index (χ4v) is 5.95. The van der Waals surface area contributed by atoms with Crippen molar-refractivity contribution in [1.29, 1.82) is 0 Å². The minimum absolute atomic E-state index is 0.405. The Morgan fingerprint density at radius 2 is 0.970 bits per heavy atom. The van der Waals surface area contributed by atoms with Gasteiger partial charge in [0, 0.05) is 0 Å². The van der Waals surface area contributed by atoms with E-state index in [9.17, 15) is 18.6 Å². The molecule has 0 amide bonds. The molecule has 0 unspecified atom stereocenters. The molecule has 5 heteroatoms. The van der Waals surface area contributed by atoms with Crippen LogP contribution in [0.25, 0.3) is 0 Å². The van der Waals surface area contributed by atoms with Gasteiger partial charge in [-0.15, -0.1) is 0 Å². The fourth-order valence-electron chi connectivity index (χ4n) is 4.16. The second-order valence-corrected chi connectivity index (χ2v) is 12.4. The van der Waals surface area contributed by atoms with Crippen molar-refractivity contribution in [3.05, 3.63) is 59.7 Å². The lowest BCUT2D eigenvalue weighted by molar-refractivity contribution is 0.0674. The predicted octanol–water partition coefficient (Wildman–Crippen LogP) is 6.27. The summed E-state index contributed by atoms with van der Waals surface area (Å²) >= 11 is 0. The van der Waals surface area contributed by atoms with Gasteiger partial charge in [-0.25, -0.2) is 8.42 Å². The summed E-state index contributed by atoms with van der Waals surface area (Å²) in [6.07, 6.45) is 8.46. The van der Waals surface area contributed by atoms with Crippen LogP contribution in [0.3, 0.4) is 0 Å². The minimum Gasteiger partial charge on any atom is -0.390 e. The largest absolute Gasteiger partial charge is 0.390 e. The Labute approximate surface area is 201 Å². The Kier molecular flexibility index (Phi) is 10.1. The van der Waals surface area contributed by atoms with Crippen LogP contribution in [-0.4, -0.2) is 29.8 Å². The van der Waals surface area contributed by atoms with Crippen LogP contribution in [0, 0.1) is 0 Å². The van der Waals surface area contributed by atoms with Crippen LogP contribution in [0.5, 0.6) is 0 Å². The summed E-state index contributed by atoms with van der Waals surface area (Å²) in [6.45, 7) is 7.28. The first-order chi connectivity index (χ1) is 15.4. The molecule has 2 aromatic rings. The summed E-state index contributed by atoms with van der Waals surface area (Å²) in [6, 6.07) is 14.7. The molecule has 2 rings (SSSR count). The monoisotopic (exact) mass is 474 g/mol. The number of aliphatic hydroxyl groups is 2. The summed E-state index contributed by atoms with van der Waals surface area (Å²) < 4.78 is 27.3. The Balaban J connectivity index is 2.09. The molecule has 2 N–H and O–H groups in total. The number of sulfone groups is 1. The van der Waals surface area contributed by atoms with Crippen LogP contribution in [-0.2, 0) is 22.7 Å². The molecule has 0 aliphatic carbocycles. The summed E-state index contributed by atoms with van der Waals surface area (Å²) in [7, 11) is -3.61. The van der Waals surface area contributed by atoms with Crippen LogP contribution < -0.4 is 0 Å². The molecule has 2 aromatic carbocycles. The van der Waals surface area contributed by atoms with Gasteiger partial charge in [0.15, 0.2) is 0 Å². The van der Waals surface area contributed by atoms with Gasteiger partial charge < -0.3 is 10.2 Å². The van der Waals surface area contributed by atoms with Gasteiger partial charge in [0.25, 0.3) is 0 Å². The van der Waals surface area contributed by atoms with Gasteiger partial charge in [-0.2, -0.15) is 0 Å². The van der Waals surface area contributed by atoms with Crippen molar-refractivity contribution in [3.63, 3.8) is 0 Å². The summed E-state index contributed by atoms with van der Waals surface area (Å²) in [5, 5.41) is 19.7. The molecule has 0 fully saturated rings. The first-order valence-electron chi connectivity index (χ1n) is 12.3. The van der Waals surface area contributed by atoms with Crippen molar-refractivity contribution in [2.45, 2.75) is 113 Å². The van der Waals surface area contributed by atoms with E-state index in [4.69, 9.17) is 0 Å². The lowest BCUT2D eigenvalue weighted by atomic mass is 9.99. The van der Waals surface area contributed by atoms with Crippen LogP contribution in [0.1, 0.15) is 90.2 Å². The van der Waals surface area contributed by atoms with E-state index in [-0.39, 0.29) is 0 Å². The molecular formula is C28H42O4S. The van der Waals surface area contributed by atoms with Crippen molar-refractivity contribution in [2.75, 3.05) is 0 Å². The highest BCUT2D eigenvalue weighted by Gasteiger charge is 2.23. The first-order valence-corrected chi connectivity index (χ1v) is 13.7. The molecule has 0 saturated carbocycles. The Hall–Kier alpha value is -1.69. The first kappa shape index (κ1) is 27.6. The third kappa shape index (κ3) is 9.60. The van der Waals surface area contributed by atoms with Crippen LogP contribution in [0.15, 0.2) is 58.3 Å². The molecular weight excluding hydrogens is 432 g/mol. The highest BCUT2D eigenvalue weighted by atomic mass is 32.2. The van der Waals surface area contributed by atoms with Crippen LogP contribution >= 0.6 is 0 Å². The molecule has 184 valence electrons. The zero-order valence-electron chi connectivity index (χ0n) is 20.8. The van der Waals surface area contributed by atoms with Gasteiger partial charge >= 0.3 is 0 Å². The van der Waals surface area contributed by atoms with Gasteiger partial charge in [-0.05, 0) is 89.5 Å². The molecule has 0 bridgehead atoms. The maximum atomic E-state index is 13.7. The number of aryl methyl sites for hydroxylation is 2. The topological polar surface area (TPSA) is 74.6 Å². The Morgan fingerprint density at radius 1 is 0.606 bits per heavy atom. The highest BCUT2D eigenvalue weighted by Crippen LogP contribution is 2.29. The Morgan fingerprint density at radius 3 is 1.33 bits per heavy atom. The lowest BCUT2D eigenvalue weighted by Gasteiger charge is -2.17. The summed E-state index contributed by atoms with van der Waals surface area (Å²) in [5.41, 5.74) is 0.417. The molecule has 0 saturated heterocycles. The van der Waals surface area contributed by atoms with Crippen molar-refractivity contribution in [1.82, 2.24) is 0 Å². The van der Waals surface area contributed by atoms with E-state index in [1.165, 1.54) is 0 Å². The van der Waals surface area contributed by atoms with E-state index in [2.05, 4.69) is 0 Å². The van der Waals surface area contributed by atoms with Crippen LogP contribution in [0.2, 0.25) is 0 Å². The second kappa shape index (κ2) is 12.1. The van der Waals surface area contributed by atoms with E-state index in [0.717, 1.165) is 62.5 Å². The number of unbranched alkanes of at least 4 members (excludes halogenated alkanes) is 4. The summed E-state index contributed by atoms with van der Waals surface area (Å²) in [5.74, 6) is 0. The van der Waals surface area contributed by atoms with E-state index < -0.39 is 21.0 Å². The highest BCUT2D eigenvalue weighted by molar-refractivity contribution is 7.91. The number of hydrogen-bond acceptors (Lipinski definition) is 4. The lowest BCUT2D eigenvalue weighted by Crippen LogP contribution is -2.17. The third-order valence-electron chi connectivity index (χ3n) is 5.99. The molecule has 4 nitrogen and oxygen atoms in total. The molecule has 0 aromatic heterocycles. The van der Waals surface area contributed by atoms with E-state index in [1.807, 2.05) is 52.0 Å². The molecule has 0 atom stereocenters. The van der Waals surface area contributed by atoms with Gasteiger partial charge in [0.05, 0.1) is 21.0 Å². The van der Waals surface area contributed by atoms with Crippen LogP contribution in [0.4, 0.5) is 0 Å². The molecule has 0 aliphatic heterocycles. The normalized spacial score (nSPS) is 12.8. The Bertz CT molecular complexity index is 892. The number of hydrogen-bond donors (Lipinski definition) is 2. The minimum atomic E-state index is -3.61. The molecule has 0 spiro atoms. The molecule has 33 heavy (non-hydrogen) atoms. The van der Waals surface area contributed by atoms with E-state index in [1.54, 1.807) is 24.3 Å². The molecule has 0 aliphatic rings. The maximum absolute atomic E-state index is 13.7. The zero-order valence-corrected chi connectivity index (χ0v) is 21.6. The van der Waals surface area contributed by atoms with Crippen molar-refractivity contribution < 1.29 is 18.6 Å². The SMILES string of the molecule is CC(C)(O)CCCCCc1ccccc1S(=O)(=O)c1ccccc1CCCCCC(C)(C)O. The number of benzene rings is 2. The van der Waals surface area contributed by atoms with E-state index in [0.29, 0.717) is 22.6 Å². The van der Waals surface area contributed by atoms with Gasteiger partial charge in [0.2, 0.25) is 9.84 Å². The summed E-state index contributed by atoms with van der Waals surface area (Å²) in [4.78, 5) is 0.809. The maximum Gasteiger partial charge on any atom is 0.207 e. The molecule has 0 radical (unpaired) electrons. The van der Waals surface area contributed by atoms with Crippen molar-refractivity contribution in [2.24, 2.45) is 0 Å². The predicted molar refractivity (Wildman–Crippen MR) is 135 cm³/mol. The van der Waals surface area contributed by atoms with E-state index >= 15 is 0 Å². The second-order valence-electron chi connectivity index (χ2n) is 10.5. The zero-order chi connectivity index (χ0) is 24.5. The van der Waals surface area contributed by atoms with Gasteiger partial charge in [0.1, 0.15) is 0 Å². The smallest absolute Gasteiger partial charge is 0.207 e. The third-order valence-corrected chi connectivity index (χ3v) is 7.95. The fraction of sp³-hybridized carbons (Fsp3) is 0.571. The quantitative estimate of drug-likeness (QED) is 0.317. The van der Waals surface area contributed by atoms with Gasteiger partial charge in [-0.1, -0.05) is 62.1 Å². The number of rotatable bonds is 14. The average molecular weight is 475 g/mol. The average Bonchev–Trinajstić information content (AvgIpc) is 2.72.